The Morgan fingerprint density at radius 3 is 2.33 bits per heavy atom. The summed E-state index contributed by atoms with van der Waals surface area (Å²) < 4.78 is 63.1. The molecule has 0 atom stereocenters. The number of hydrogen-bond acceptors (Lipinski definition) is 2. The third-order valence-electron chi connectivity index (χ3n) is 2.58. The van der Waals surface area contributed by atoms with Crippen LogP contribution in [0.1, 0.15) is 5.56 Å². The molecule has 0 radical (unpaired) electrons. The largest absolute Gasteiger partial charge is 0.446 e. The molecule has 0 saturated carbocycles. The van der Waals surface area contributed by atoms with Crippen molar-refractivity contribution in [1.29, 1.82) is 0 Å². The van der Waals surface area contributed by atoms with Gasteiger partial charge in [-0.05, 0) is 41.6 Å². The van der Waals surface area contributed by atoms with Crippen molar-refractivity contribution in [2.24, 2.45) is 0 Å². The molecule has 0 aromatic heterocycles. The second-order valence-electron chi connectivity index (χ2n) is 4.15. The molecule has 0 unspecified atom stereocenters. The van der Waals surface area contributed by atoms with E-state index in [-0.39, 0.29) is 28.9 Å². The van der Waals surface area contributed by atoms with Gasteiger partial charge in [-0.2, -0.15) is 13.2 Å². The minimum Gasteiger partial charge on any atom is -0.380 e. The number of anilines is 1. The fourth-order valence-electron chi connectivity index (χ4n) is 1.67. The molecule has 2 rings (SSSR count). The van der Waals surface area contributed by atoms with Gasteiger partial charge in [-0.25, -0.2) is 8.78 Å². The number of thioether (sulfide) groups is 1. The van der Waals surface area contributed by atoms with Crippen LogP contribution in [0.4, 0.5) is 27.6 Å². The summed E-state index contributed by atoms with van der Waals surface area (Å²) in [5, 5.41) is 2.79. The summed E-state index contributed by atoms with van der Waals surface area (Å²) in [7, 11) is 0. The first-order valence-corrected chi connectivity index (χ1v) is 6.69. The van der Waals surface area contributed by atoms with E-state index in [1.807, 2.05) is 0 Å². The molecule has 0 aliphatic heterocycles. The topological polar surface area (TPSA) is 12.0 Å². The van der Waals surface area contributed by atoms with Crippen LogP contribution in [0.3, 0.4) is 0 Å². The van der Waals surface area contributed by atoms with E-state index >= 15 is 0 Å². The smallest absolute Gasteiger partial charge is 0.380 e. The molecule has 0 heterocycles. The Balaban J connectivity index is 2.11. The van der Waals surface area contributed by atoms with Crippen LogP contribution in [0.5, 0.6) is 0 Å². The van der Waals surface area contributed by atoms with Crippen LogP contribution >= 0.6 is 11.8 Å². The first-order valence-electron chi connectivity index (χ1n) is 5.88. The fraction of sp³-hybridized carbons (Fsp3) is 0.143. The van der Waals surface area contributed by atoms with E-state index in [0.29, 0.717) is 5.56 Å². The van der Waals surface area contributed by atoms with Gasteiger partial charge in [0.1, 0.15) is 0 Å². The Kier molecular flexibility index (Phi) is 4.72. The molecule has 0 bridgehead atoms. The first kappa shape index (κ1) is 15.6. The van der Waals surface area contributed by atoms with E-state index in [0.717, 1.165) is 12.1 Å². The van der Waals surface area contributed by atoms with Crippen LogP contribution in [0.15, 0.2) is 47.4 Å². The summed E-state index contributed by atoms with van der Waals surface area (Å²) in [5.41, 5.74) is -3.68. The molecule has 2 aromatic carbocycles. The Morgan fingerprint density at radius 1 is 0.952 bits per heavy atom. The summed E-state index contributed by atoms with van der Waals surface area (Å²) in [5.74, 6) is -1.96. The van der Waals surface area contributed by atoms with Crippen molar-refractivity contribution in [3.63, 3.8) is 0 Å². The van der Waals surface area contributed by atoms with Gasteiger partial charge in [-0.1, -0.05) is 18.2 Å². The first-order chi connectivity index (χ1) is 9.85. The van der Waals surface area contributed by atoms with Gasteiger partial charge < -0.3 is 5.32 Å². The molecule has 7 heteroatoms. The van der Waals surface area contributed by atoms with Gasteiger partial charge in [0.05, 0.1) is 0 Å². The fourth-order valence-corrected chi connectivity index (χ4v) is 2.32. The van der Waals surface area contributed by atoms with Crippen LogP contribution in [0, 0.1) is 11.6 Å². The molecule has 0 amide bonds. The van der Waals surface area contributed by atoms with Crippen LogP contribution in [-0.2, 0) is 6.54 Å². The molecular formula is C14H10F5NS. The Morgan fingerprint density at radius 2 is 1.67 bits per heavy atom. The maximum atomic E-state index is 13.1. The van der Waals surface area contributed by atoms with Gasteiger partial charge in [0.15, 0.2) is 11.6 Å². The van der Waals surface area contributed by atoms with Crippen molar-refractivity contribution in [3.8, 4) is 0 Å². The predicted molar refractivity (Wildman–Crippen MR) is 72.0 cm³/mol. The van der Waals surface area contributed by atoms with Crippen molar-refractivity contribution < 1.29 is 22.0 Å². The van der Waals surface area contributed by atoms with Gasteiger partial charge in [-0.15, -0.1) is 0 Å². The summed E-state index contributed by atoms with van der Waals surface area (Å²) in [4.78, 5) is 0.0209. The van der Waals surface area contributed by atoms with Crippen LogP contribution in [0.2, 0.25) is 0 Å². The van der Waals surface area contributed by atoms with Crippen molar-refractivity contribution in [2.75, 3.05) is 5.32 Å². The van der Waals surface area contributed by atoms with Crippen molar-refractivity contribution >= 4 is 17.4 Å². The maximum Gasteiger partial charge on any atom is 0.446 e. The Bertz CT molecular complexity index is 627. The molecule has 0 aliphatic rings. The van der Waals surface area contributed by atoms with E-state index in [1.165, 1.54) is 24.3 Å². The highest BCUT2D eigenvalue weighted by Gasteiger charge is 2.30. The zero-order valence-corrected chi connectivity index (χ0v) is 11.4. The predicted octanol–water partition coefficient (Wildman–Crippen LogP) is 5.19. The zero-order valence-electron chi connectivity index (χ0n) is 10.5. The quantitative estimate of drug-likeness (QED) is 0.615. The Hall–Kier alpha value is -1.76. The highest BCUT2D eigenvalue weighted by atomic mass is 32.2. The molecular weight excluding hydrogens is 309 g/mol. The number of benzene rings is 2. The molecule has 1 N–H and O–H groups in total. The zero-order chi connectivity index (χ0) is 15.5. The van der Waals surface area contributed by atoms with Gasteiger partial charge in [0.2, 0.25) is 0 Å². The van der Waals surface area contributed by atoms with Gasteiger partial charge in [0, 0.05) is 17.1 Å². The lowest BCUT2D eigenvalue weighted by atomic mass is 10.2. The van der Waals surface area contributed by atoms with Crippen LogP contribution in [0.25, 0.3) is 0 Å². The number of nitrogens with one attached hydrogen (secondary N) is 1. The van der Waals surface area contributed by atoms with Crippen LogP contribution in [-0.4, -0.2) is 5.51 Å². The van der Waals surface area contributed by atoms with E-state index in [4.69, 9.17) is 0 Å². The maximum absolute atomic E-state index is 13.1. The minimum atomic E-state index is -4.39. The number of hydrogen-bond donors (Lipinski definition) is 1. The second-order valence-corrected chi connectivity index (χ2v) is 5.25. The minimum absolute atomic E-state index is 0.0209. The molecule has 2 aromatic rings. The molecule has 0 spiro atoms. The van der Waals surface area contributed by atoms with Crippen molar-refractivity contribution in [1.82, 2.24) is 0 Å². The molecule has 0 saturated heterocycles. The van der Waals surface area contributed by atoms with Gasteiger partial charge in [-0.3, -0.25) is 0 Å². The molecule has 21 heavy (non-hydrogen) atoms. The lowest BCUT2D eigenvalue weighted by Gasteiger charge is -2.13. The molecule has 112 valence electrons. The van der Waals surface area contributed by atoms with Crippen molar-refractivity contribution in [3.05, 3.63) is 59.7 Å². The number of halogens is 5. The average Bonchev–Trinajstić information content (AvgIpc) is 2.40. The summed E-state index contributed by atoms with van der Waals surface area (Å²) in [6.07, 6.45) is 0. The van der Waals surface area contributed by atoms with E-state index in [2.05, 4.69) is 5.32 Å². The highest BCUT2D eigenvalue weighted by Crippen LogP contribution is 2.40. The van der Waals surface area contributed by atoms with E-state index < -0.39 is 17.1 Å². The van der Waals surface area contributed by atoms with Crippen LogP contribution < -0.4 is 5.32 Å². The lowest BCUT2D eigenvalue weighted by Crippen LogP contribution is -2.04. The van der Waals surface area contributed by atoms with E-state index in [1.54, 1.807) is 6.07 Å². The van der Waals surface area contributed by atoms with Gasteiger partial charge in [0.25, 0.3) is 0 Å². The number of rotatable bonds is 4. The number of para-hydroxylation sites is 1. The standard InChI is InChI=1S/C14H10F5NS/c15-10-6-5-9(7-11(10)16)8-20-12-3-1-2-4-13(12)21-14(17,18)19/h1-7,20H,8H2. The summed E-state index contributed by atoms with van der Waals surface area (Å²) >= 11 is -0.228. The summed E-state index contributed by atoms with van der Waals surface area (Å²) in [6, 6.07) is 9.26. The monoisotopic (exact) mass is 319 g/mol. The third kappa shape index (κ3) is 4.63. The normalized spacial score (nSPS) is 11.5. The number of alkyl halides is 3. The van der Waals surface area contributed by atoms with Crippen molar-refractivity contribution in [2.45, 2.75) is 16.9 Å². The lowest BCUT2D eigenvalue weighted by molar-refractivity contribution is -0.0327. The average molecular weight is 319 g/mol. The molecule has 0 aliphatic carbocycles. The third-order valence-corrected chi connectivity index (χ3v) is 3.39. The highest BCUT2D eigenvalue weighted by molar-refractivity contribution is 8.00. The second kappa shape index (κ2) is 6.34. The Labute approximate surface area is 122 Å². The SMILES string of the molecule is Fc1ccc(CNc2ccccc2SC(F)(F)F)cc1F. The van der Waals surface area contributed by atoms with E-state index in [9.17, 15) is 22.0 Å². The van der Waals surface area contributed by atoms with Gasteiger partial charge >= 0.3 is 5.51 Å². The summed E-state index contributed by atoms with van der Waals surface area (Å²) in [6.45, 7) is 0.0899. The molecule has 1 nitrogen and oxygen atoms in total. The molecule has 0 fully saturated rings.